The highest BCUT2D eigenvalue weighted by Gasteiger charge is 2.22. The van der Waals surface area contributed by atoms with Gasteiger partial charge in [-0.15, -0.1) is 0 Å². The van der Waals surface area contributed by atoms with Crippen molar-refractivity contribution >= 4 is 38.2 Å². The molecule has 0 bridgehead atoms. The number of halogens is 1. The summed E-state index contributed by atoms with van der Waals surface area (Å²) in [5, 5.41) is 1.14. The number of hydrogen-bond acceptors (Lipinski definition) is 3. The Labute approximate surface area is 121 Å². The molecule has 100 valence electrons. The van der Waals surface area contributed by atoms with Gasteiger partial charge in [0.15, 0.2) is 0 Å². The third-order valence-corrected chi connectivity index (χ3v) is 4.41. The molecule has 2 aromatic rings. The van der Waals surface area contributed by atoms with E-state index in [1.165, 1.54) is 19.3 Å². The van der Waals surface area contributed by atoms with Crippen molar-refractivity contribution in [2.24, 2.45) is 0 Å². The molecule has 19 heavy (non-hydrogen) atoms. The molecule has 0 saturated carbocycles. The van der Waals surface area contributed by atoms with Gasteiger partial charge in [0.05, 0.1) is 23.1 Å². The molecule has 1 aromatic heterocycles. The SMILES string of the molecule is CC1CCCCN1c1c(N)cnc2ccc(Br)cc12. The summed E-state index contributed by atoms with van der Waals surface area (Å²) in [7, 11) is 0. The second-order valence-electron chi connectivity index (χ2n) is 5.26. The predicted octanol–water partition coefficient (Wildman–Crippen LogP) is 3.96. The zero-order chi connectivity index (χ0) is 13.4. The maximum atomic E-state index is 6.21. The monoisotopic (exact) mass is 319 g/mol. The molecule has 0 radical (unpaired) electrons. The highest BCUT2D eigenvalue weighted by Crippen LogP contribution is 2.36. The van der Waals surface area contributed by atoms with Crippen molar-refractivity contribution in [1.29, 1.82) is 0 Å². The summed E-state index contributed by atoms with van der Waals surface area (Å²) in [5.41, 5.74) is 9.14. The Morgan fingerprint density at radius 1 is 1.37 bits per heavy atom. The maximum absolute atomic E-state index is 6.21. The number of pyridine rings is 1. The van der Waals surface area contributed by atoms with Gasteiger partial charge in [-0.2, -0.15) is 0 Å². The molecule has 3 rings (SSSR count). The van der Waals surface area contributed by atoms with Crippen LogP contribution in [0.4, 0.5) is 11.4 Å². The minimum atomic E-state index is 0.542. The Hall–Kier alpha value is -1.29. The fraction of sp³-hybridized carbons (Fsp3) is 0.400. The van der Waals surface area contributed by atoms with Crippen LogP contribution in [0.25, 0.3) is 10.9 Å². The molecule has 0 spiro atoms. The Kier molecular flexibility index (Phi) is 3.35. The predicted molar refractivity (Wildman–Crippen MR) is 84.5 cm³/mol. The average molecular weight is 320 g/mol. The largest absolute Gasteiger partial charge is 0.396 e. The van der Waals surface area contributed by atoms with Gasteiger partial charge in [-0.25, -0.2) is 0 Å². The number of anilines is 2. The maximum Gasteiger partial charge on any atom is 0.0745 e. The number of nitrogens with zero attached hydrogens (tertiary/aromatic N) is 2. The number of rotatable bonds is 1. The molecule has 2 N–H and O–H groups in total. The standard InChI is InChI=1S/C15H18BrN3/c1-10-4-2-3-7-19(10)15-12-8-11(16)5-6-14(12)18-9-13(15)17/h5-6,8-10H,2-4,7,17H2,1H3. The number of aromatic nitrogens is 1. The highest BCUT2D eigenvalue weighted by atomic mass is 79.9. The quantitative estimate of drug-likeness (QED) is 0.865. The highest BCUT2D eigenvalue weighted by molar-refractivity contribution is 9.10. The molecule has 2 heterocycles. The van der Waals surface area contributed by atoms with Crippen molar-refractivity contribution in [2.45, 2.75) is 32.2 Å². The zero-order valence-electron chi connectivity index (χ0n) is 11.1. The number of piperidine rings is 1. The molecule has 0 aliphatic carbocycles. The van der Waals surface area contributed by atoms with Gasteiger partial charge in [-0.3, -0.25) is 4.98 Å². The number of nitrogens with two attached hydrogens (primary N) is 1. The van der Waals surface area contributed by atoms with Gasteiger partial charge in [-0.1, -0.05) is 15.9 Å². The van der Waals surface area contributed by atoms with E-state index in [-0.39, 0.29) is 0 Å². The van der Waals surface area contributed by atoms with Gasteiger partial charge in [0, 0.05) is 22.4 Å². The lowest BCUT2D eigenvalue weighted by Gasteiger charge is -2.36. The van der Waals surface area contributed by atoms with Crippen LogP contribution in [0.5, 0.6) is 0 Å². The molecular formula is C15H18BrN3. The molecule has 1 aliphatic heterocycles. The van der Waals surface area contributed by atoms with Crippen molar-refractivity contribution < 1.29 is 0 Å². The topological polar surface area (TPSA) is 42.1 Å². The second-order valence-corrected chi connectivity index (χ2v) is 6.18. The number of nitrogen functional groups attached to an aromatic ring is 1. The zero-order valence-corrected chi connectivity index (χ0v) is 12.7. The van der Waals surface area contributed by atoms with E-state index in [1.54, 1.807) is 6.20 Å². The Morgan fingerprint density at radius 2 is 2.21 bits per heavy atom. The van der Waals surface area contributed by atoms with Gasteiger partial charge in [0.1, 0.15) is 0 Å². The number of hydrogen-bond donors (Lipinski definition) is 1. The molecule has 1 aromatic carbocycles. The van der Waals surface area contributed by atoms with E-state index in [0.717, 1.165) is 33.3 Å². The van der Waals surface area contributed by atoms with E-state index in [4.69, 9.17) is 5.73 Å². The van der Waals surface area contributed by atoms with Gasteiger partial charge < -0.3 is 10.6 Å². The lowest BCUT2D eigenvalue weighted by Crippen LogP contribution is -2.38. The van der Waals surface area contributed by atoms with Crippen LogP contribution in [-0.2, 0) is 0 Å². The van der Waals surface area contributed by atoms with Gasteiger partial charge in [-0.05, 0) is 44.4 Å². The normalized spacial score (nSPS) is 19.9. The first-order valence-corrected chi connectivity index (χ1v) is 7.56. The molecule has 1 atom stereocenters. The molecule has 4 heteroatoms. The Balaban J connectivity index is 2.20. The van der Waals surface area contributed by atoms with Gasteiger partial charge >= 0.3 is 0 Å². The third-order valence-electron chi connectivity index (χ3n) is 3.92. The van der Waals surface area contributed by atoms with Crippen LogP contribution in [0.1, 0.15) is 26.2 Å². The van der Waals surface area contributed by atoms with Crippen LogP contribution in [0.2, 0.25) is 0 Å². The van der Waals surface area contributed by atoms with Crippen LogP contribution in [0, 0.1) is 0 Å². The fourth-order valence-electron chi connectivity index (χ4n) is 2.92. The van der Waals surface area contributed by atoms with E-state index < -0.39 is 0 Å². The molecule has 1 fully saturated rings. The first-order valence-electron chi connectivity index (χ1n) is 6.77. The van der Waals surface area contributed by atoms with Crippen LogP contribution < -0.4 is 10.6 Å². The lowest BCUT2D eigenvalue weighted by atomic mass is 10.0. The summed E-state index contributed by atoms with van der Waals surface area (Å²) in [4.78, 5) is 6.87. The van der Waals surface area contributed by atoms with E-state index in [0.29, 0.717) is 6.04 Å². The third kappa shape index (κ3) is 2.29. The minimum absolute atomic E-state index is 0.542. The van der Waals surface area contributed by atoms with Crippen LogP contribution in [0.15, 0.2) is 28.9 Å². The molecular weight excluding hydrogens is 302 g/mol. The Bertz CT molecular complexity index is 606. The van der Waals surface area contributed by atoms with Crippen molar-refractivity contribution in [3.8, 4) is 0 Å². The fourth-order valence-corrected chi connectivity index (χ4v) is 3.28. The summed E-state index contributed by atoms with van der Waals surface area (Å²) in [5.74, 6) is 0. The first kappa shape index (κ1) is 12.7. The second kappa shape index (κ2) is 5.00. The van der Waals surface area contributed by atoms with E-state index >= 15 is 0 Å². The average Bonchev–Trinajstić information content (AvgIpc) is 2.40. The van der Waals surface area contributed by atoms with Crippen LogP contribution in [0.3, 0.4) is 0 Å². The van der Waals surface area contributed by atoms with E-state index in [1.807, 2.05) is 12.1 Å². The van der Waals surface area contributed by atoms with Crippen molar-refractivity contribution in [3.63, 3.8) is 0 Å². The summed E-state index contributed by atoms with van der Waals surface area (Å²) in [6.45, 7) is 3.36. The Morgan fingerprint density at radius 3 is 3.00 bits per heavy atom. The molecule has 1 aliphatic rings. The van der Waals surface area contributed by atoms with Crippen molar-refractivity contribution in [3.05, 3.63) is 28.9 Å². The smallest absolute Gasteiger partial charge is 0.0745 e. The number of fused-ring (bicyclic) bond motifs is 1. The van der Waals surface area contributed by atoms with Crippen LogP contribution in [-0.4, -0.2) is 17.6 Å². The molecule has 3 nitrogen and oxygen atoms in total. The molecule has 1 unspecified atom stereocenters. The van der Waals surface area contributed by atoms with Crippen molar-refractivity contribution in [2.75, 3.05) is 17.2 Å². The lowest BCUT2D eigenvalue weighted by molar-refractivity contribution is 0.486. The summed E-state index contributed by atoms with van der Waals surface area (Å²) < 4.78 is 1.07. The van der Waals surface area contributed by atoms with Gasteiger partial charge in [0.25, 0.3) is 0 Å². The molecule has 0 amide bonds. The van der Waals surface area contributed by atoms with Gasteiger partial charge in [0.2, 0.25) is 0 Å². The van der Waals surface area contributed by atoms with Crippen molar-refractivity contribution in [1.82, 2.24) is 4.98 Å². The summed E-state index contributed by atoms with van der Waals surface area (Å²) in [6, 6.07) is 6.72. The number of benzene rings is 1. The first-order chi connectivity index (χ1) is 9.16. The van der Waals surface area contributed by atoms with Crippen LogP contribution >= 0.6 is 15.9 Å². The summed E-state index contributed by atoms with van der Waals surface area (Å²) >= 11 is 3.54. The molecule has 1 saturated heterocycles. The van der Waals surface area contributed by atoms with E-state index in [2.05, 4.69) is 38.8 Å². The van der Waals surface area contributed by atoms with E-state index in [9.17, 15) is 0 Å². The summed E-state index contributed by atoms with van der Waals surface area (Å²) in [6.07, 6.45) is 5.57. The minimum Gasteiger partial charge on any atom is -0.396 e.